The Bertz CT molecular complexity index is 574. The van der Waals surface area contributed by atoms with E-state index in [0.717, 1.165) is 15.9 Å². The van der Waals surface area contributed by atoms with Gasteiger partial charge < -0.3 is 5.32 Å². The van der Waals surface area contributed by atoms with Crippen LogP contribution in [0.1, 0.15) is 32.6 Å². The van der Waals surface area contributed by atoms with Gasteiger partial charge in [-0.3, -0.25) is 4.98 Å². The van der Waals surface area contributed by atoms with E-state index in [0.29, 0.717) is 0 Å². The van der Waals surface area contributed by atoms with Crippen LogP contribution in [0.3, 0.4) is 0 Å². The molecule has 0 radical (unpaired) electrons. The molecule has 1 aliphatic rings. The molecule has 0 aliphatic heterocycles. The number of fused-ring (bicyclic) bond motifs is 1. The minimum Gasteiger partial charge on any atom is -0.379 e. The highest BCUT2D eigenvalue weighted by molar-refractivity contribution is 6.31. The van der Waals surface area contributed by atoms with Crippen molar-refractivity contribution >= 4 is 28.2 Å². The molecule has 2 aromatic rings. The lowest BCUT2D eigenvalue weighted by atomic mass is 9.99. The molecule has 0 spiro atoms. The van der Waals surface area contributed by atoms with Gasteiger partial charge in [-0.25, -0.2) is 0 Å². The summed E-state index contributed by atoms with van der Waals surface area (Å²) in [6.45, 7) is 2.31. The Morgan fingerprint density at radius 1 is 1.22 bits per heavy atom. The molecule has 3 heteroatoms. The molecule has 1 aliphatic carbocycles. The van der Waals surface area contributed by atoms with Crippen molar-refractivity contribution in [3.8, 4) is 0 Å². The number of hydrogen-bond acceptors (Lipinski definition) is 2. The fourth-order valence-electron chi connectivity index (χ4n) is 2.84. The third kappa shape index (κ3) is 2.17. The first-order chi connectivity index (χ1) is 8.66. The van der Waals surface area contributed by atoms with Crippen LogP contribution in [-0.2, 0) is 0 Å². The van der Waals surface area contributed by atoms with Crippen molar-refractivity contribution in [2.24, 2.45) is 0 Å². The largest absolute Gasteiger partial charge is 0.379 e. The van der Waals surface area contributed by atoms with Crippen molar-refractivity contribution in [2.45, 2.75) is 38.1 Å². The quantitative estimate of drug-likeness (QED) is 0.851. The number of nitrogens with one attached hydrogen (secondary N) is 1. The second kappa shape index (κ2) is 4.43. The Labute approximate surface area is 112 Å². The van der Waals surface area contributed by atoms with Crippen molar-refractivity contribution < 1.29 is 0 Å². The van der Waals surface area contributed by atoms with E-state index in [-0.39, 0.29) is 5.54 Å². The van der Waals surface area contributed by atoms with Crippen molar-refractivity contribution in [2.75, 3.05) is 5.32 Å². The van der Waals surface area contributed by atoms with E-state index in [1.807, 2.05) is 24.4 Å². The van der Waals surface area contributed by atoms with Crippen molar-refractivity contribution in [3.05, 3.63) is 35.5 Å². The molecule has 94 valence electrons. The third-order valence-corrected chi connectivity index (χ3v) is 4.08. The van der Waals surface area contributed by atoms with E-state index in [9.17, 15) is 0 Å². The van der Waals surface area contributed by atoms with Gasteiger partial charge in [-0.1, -0.05) is 24.4 Å². The lowest BCUT2D eigenvalue weighted by Gasteiger charge is -2.27. The fraction of sp³-hybridized carbons (Fsp3) is 0.400. The van der Waals surface area contributed by atoms with E-state index in [4.69, 9.17) is 11.6 Å². The normalized spacial score (nSPS) is 18.1. The average molecular weight is 261 g/mol. The maximum atomic E-state index is 6.01. The second-order valence-electron chi connectivity index (χ2n) is 5.41. The summed E-state index contributed by atoms with van der Waals surface area (Å²) < 4.78 is 0. The monoisotopic (exact) mass is 260 g/mol. The lowest BCUT2D eigenvalue weighted by molar-refractivity contribution is 0.534. The van der Waals surface area contributed by atoms with Gasteiger partial charge in [0.25, 0.3) is 0 Å². The van der Waals surface area contributed by atoms with Crippen molar-refractivity contribution in [3.63, 3.8) is 0 Å². The van der Waals surface area contributed by atoms with Gasteiger partial charge in [0.1, 0.15) is 0 Å². The summed E-state index contributed by atoms with van der Waals surface area (Å²) in [5.74, 6) is 0. The van der Waals surface area contributed by atoms with Crippen LogP contribution >= 0.6 is 11.6 Å². The smallest absolute Gasteiger partial charge is 0.0737 e. The van der Waals surface area contributed by atoms with E-state index in [1.165, 1.54) is 31.4 Å². The zero-order chi connectivity index (χ0) is 12.6. The van der Waals surface area contributed by atoms with Crippen LogP contribution in [-0.4, -0.2) is 10.5 Å². The number of pyridine rings is 1. The molecule has 0 atom stereocenters. The molecule has 0 unspecified atom stereocenters. The highest BCUT2D eigenvalue weighted by Gasteiger charge is 2.28. The van der Waals surface area contributed by atoms with Crippen LogP contribution in [0.4, 0.5) is 5.69 Å². The molecule has 1 N–H and O–H groups in total. The highest BCUT2D eigenvalue weighted by atomic mass is 35.5. The summed E-state index contributed by atoms with van der Waals surface area (Å²) in [6.07, 6.45) is 6.96. The van der Waals surface area contributed by atoms with E-state index in [1.54, 1.807) is 0 Å². The molecule has 0 amide bonds. The van der Waals surface area contributed by atoms with Gasteiger partial charge in [0.15, 0.2) is 0 Å². The average Bonchev–Trinajstić information content (AvgIpc) is 2.76. The van der Waals surface area contributed by atoms with Gasteiger partial charge in [-0.2, -0.15) is 0 Å². The van der Waals surface area contributed by atoms with Gasteiger partial charge in [0.2, 0.25) is 0 Å². The Hall–Kier alpha value is -1.28. The molecule has 0 saturated heterocycles. The van der Waals surface area contributed by atoms with E-state index in [2.05, 4.69) is 23.3 Å². The number of anilines is 1. The molecule has 2 nitrogen and oxygen atoms in total. The maximum Gasteiger partial charge on any atom is 0.0737 e. The minimum absolute atomic E-state index is 0.230. The molecule has 1 aromatic carbocycles. The number of benzene rings is 1. The predicted octanol–water partition coefficient (Wildman–Crippen LogP) is 4.63. The first kappa shape index (κ1) is 11.8. The highest BCUT2D eigenvalue weighted by Crippen LogP contribution is 2.34. The Morgan fingerprint density at radius 2 is 2.00 bits per heavy atom. The molecule has 1 saturated carbocycles. The van der Waals surface area contributed by atoms with Crippen LogP contribution in [0.2, 0.25) is 5.02 Å². The molecule has 1 fully saturated rings. The Balaban J connectivity index is 2.01. The lowest BCUT2D eigenvalue weighted by Crippen LogP contribution is -2.30. The molecule has 3 rings (SSSR count). The number of aromatic nitrogens is 1. The molecule has 1 aromatic heterocycles. The summed E-state index contributed by atoms with van der Waals surface area (Å²) in [7, 11) is 0. The van der Waals surface area contributed by atoms with Gasteiger partial charge >= 0.3 is 0 Å². The number of rotatable bonds is 2. The molecule has 0 bridgehead atoms. The SMILES string of the molecule is CC1(Nc2ccnc3cc(Cl)ccc23)CCCC1. The van der Waals surface area contributed by atoms with Gasteiger partial charge in [0.05, 0.1) is 5.52 Å². The van der Waals surface area contributed by atoms with Gasteiger partial charge in [0, 0.05) is 27.8 Å². The van der Waals surface area contributed by atoms with Crippen LogP contribution in [0, 0.1) is 0 Å². The topological polar surface area (TPSA) is 24.9 Å². The molecule has 1 heterocycles. The predicted molar refractivity (Wildman–Crippen MR) is 77.2 cm³/mol. The van der Waals surface area contributed by atoms with Crippen LogP contribution in [0.5, 0.6) is 0 Å². The first-order valence-electron chi connectivity index (χ1n) is 6.49. The van der Waals surface area contributed by atoms with E-state index >= 15 is 0 Å². The zero-order valence-corrected chi connectivity index (χ0v) is 11.3. The van der Waals surface area contributed by atoms with E-state index < -0.39 is 0 Å². The minimum atomic E-state index is 0.230. The number of hydrogen-bond donors (Lipinski definition) is 1. The number of nitrogens with zero attached hydrogens (tertiary/aromatic N) is 1. The molecular weight excluding hydrogens is 244 g/mol. The second-order valence-corrected chi connectivity index (χ2v) is 5.85. The summed E-state index contributed by atoms with van der Waals surface area (Å²) in [4.78, 5) is 4.38. The van der Waals surface area contributed by atoms with Crippen LogP contribution in [0.15, 0.2) is 30.5 Å². The van der Waals surface area contributed by atoms with Crippen molar-refractivity contribution in [1.82, 2.24) is 4.98 Å². The molecule has 18 heavy (non-hydrogen) atoms. The first-order valence-corrected chi connectivity index (χ1v) is 6.87. The fourth-order valence-corrected chi connectivity index (χ4v) is 3.00. The Morgan fingerprint density at radius 3 is 2.78 bits per heavy atom. The summed E-state index contributed by atoms with van der Waals surface area (Å²) in [5, 5.41) is 5.58. The van der Waals surface area contributed by atoms with Crippen LogP contribution < -0.4 is 5.32 Å². The molecular formula is C15H17ClN2. The maximum absolute atomic E-state index is 6.01. The van der Waals surface area contributed by atoms with Crippen molar-refractivity contribution in [1.29, 1.82) is 0 Å². The summed E-state index contributed by atoms with van der Waals surface area (Å²) in [6, 6.07) is 7.94. The zero-order valence-electron chi connectivity index (χ0n) is 10.5. The summed E-state index contributed by atoms with van der Waals surface area (Å²) in [5.41, 5.74) is 2.35. The number of halogens is 1. The Kier molecular flexibility index (Phi) is 2.90. The van der Waals surface area contributed by atoms with Gasteiger partial charge in [-0.05, 0) is 44.0 Å². The summed E-state index contributed by atoms with van der Waals surface area (Å²) >= 11 is 6.01. The third-order valence-electron chi connectivity index (χ3n) is 3.85. The van der Waals surface area contributed by atoms with Crippen LogP contribution in [0.25, 0.3) is 10.9 Å². The standard InChI is InChI=1S/C15H17ClN2/c1-15(7-2-3-8-15)18-13-6-9-17-14-10-11(16)4-5-12(13)14/h4-6,9-10H,2-3,7-8H2,1H3,(H,17,18). The van der Waals surface area contributed by atoms with Gasteiger partial charge in [-0.15, -0.1) is 0 Å².